The Labute approximate surface area is 149 Å². The maximum atomic E-state index is 12.4. The summed E-state index contributed by atoms with van der Waals surface area (Å²) < 4.78 is 34.5. The molecule has 0 fully saturated rings. The number of aryl methyl sites for hydroxylation is 1. The van der Waals surface area contributed by atoms with Crippen LogP contribution in [-0.2, 0) is 4.79 Å². The number of amides is 1. The molecule has 0 aromatic heterocycles. The number of ether oxygens (including phenoxy) is 2. The van der Waals surface area contributed by atoms with Gasteiger partial charge in [-0.2, -0.15) is 8.78 Å². The van der Waals surface area contributed by atoms with E-state index in [0.29, 0.717) is 11.3 Å². The normalized spacial score (nSPS) is 11.0. The Morgan fingerprint density at radius 3 is 2.65 bits per heavy atom. The van der Waals surface area contributed by atoms with Crippen LogP contribution in [0.25, 0.3) is 6.08 Å². The third-order valence-corrected chi connectivity index (χ3v) is 3.32. The lowest BCUT2D eigenvalue weighted by Crippen LogP contribution is -2.08. The zero-order valence-electron chi connectivity index (χ0n) is 14.3. The van der Waals surface area contributed by atoms with Crippen molar-refractivity contribution in [2.45, 2.75) is 20.5 Å². The molecule has 0 saturated carbocycles. The molecule has 138 valence electrons. The van der Waals surface area contributed by atoms with Gasteiger partial charge < -0.3 is 19.9 Å². The molecule has 1 amide bonds. The van der Waals surface area contributed by atoms with Gasteiger partial charge in [0, 0.05) is 6.08 Å². The van der Waals surface area contributed by atoms with Crippen LogP contribution >= 0.6 is 0 Å². The number of carbonyl (C=O) groups is 1. The molecule has 0 unspecified atom stereocenters. The standard InChI is InChI=1S/C19H19F2NO4/c1-3-25-17-11-13(5-8-16(17)26-19(20)21)6-9-18(24)22-14-7-4-12(2)10-15(14)23/h4-11,19,23H,3H2,1-2H3,(H,22,24)/b9-6+. The first-order chi connectivity index (χ1) is 12.4. The van der Waals surface area contributed by atoms with Crippen molar-refractivity contribution in [3.05, 3.63) is 53.6 Å². The quantitative estimate of drug-likeness (QED) is 0.567. The number of aromatic hydroxyl groups is 1. The van der Waals surface area contributed by atoms with Crippen LogP contribution < -0.4 is 14.8 Å². The van der Waals surface area contributed by atoms with E-state index in [9.17, 15) is 18.7 Å². The number of hydrogen-bond donors (Lipinski definition) is 2. The van der Waals surface area contributed by atoms with Crippen molar-refractivity contribution in [1.29, 1.82) is 0 Å². The molecule has 0 radical (unpaired) electrons. The van der Waals surface area contributed by atoms with E-state index >= 15 is 0 Å². The number of hydrogen-bond acceptors (Lipinski definition) is 4. The largest absolute Gasteiger partial charge is 0.506 e. The number of phenolic OH excluding ortho intramolecular Hbond substituents is 1. The monoisotopic (exact) mass is 363 g/mol. The summed E-state index contributed by atoms with van der Waals surface area (Å²) in [7, 11) is 0. The number of anilines is 1. The van der Waals surface area contributed by atoms with Crippen LogP contribution in [0.1, 0.15) is 18.1 Å². The lowest BCUT2D eigenvalue weighted by Gasteiger charge is -2.11. The molecule has 26 heavy (non-hydrogen) atoms. The molecule has 0 bridgehead atoms. The van der Waals surface area contributed by atoms with Crippen LogP contribution in [0.5, 0.6) is 17.2 Å². The van der Waals surface area contributed by atoms with Gasteiger partial charge in [-0.25, -0.2) is 0 Å². The SMILES string of the molecule is CCOc1cc(/C=C/C(=O)Nc2ccc(C)cc2O)ccc1OC(F)F. The van der Waals surface area contributed by atoms with Crippen molar-refractivity contribution in [1.82, 2.24) is 0 Å². The molecule has 0 heterocycles. The zero-order valence-corrected chi connectivity index (χ0v) is 14.3. The predicted octanol–water partition coefficient (Wildman–Crippen LogP) is 4.35. The molecule has 5 nitrogen and oxygen atoms in total. The number of carbonyl (C=O) groups excluding carboxylic acids is 1. The van der Waals surface area contributed by atoms with Crippen LogP contribution in [0.2, 0.25) is 0 Å². The van der Waals surface area contributed by atoms with Crippen molar-refractivity contribution in [2.24, 2.45) is 0 Å². The second-order valence-corrected chi connectivity index (χ2v) is 5.36. The van der Waals surface area contributed by atoms with E-state index in [1.54, 1.807) is 19.1 Å². The maximum Gasteiger partial charge on any atom is 0.387 e. The highest BCUT2D eigenvalue weighted by atomic mass is 19.3. The average molecular weight is 363 g/mol. The first kappa shape index (κ1) is 19.2. The number of halogens is 2. The fourth-order valence-corrected chi connectivity index (χ4v) is 2.18. The fraction of sp³-hybridized carbons (Fsp3) is 0.211. The van der Waals surface area contributed by atoms with Gasteiger partial charge in [-0.1, -0.05) is 12.1 Å². The highest BCUT2D eigenvalue weighted by Gasteiger charge is 2.11. The number of benzene rings is 2. The second kappa shape index (κ2) is 8.84. The number of phenols is 1. The lowest BCUT2D eigenvalue weighted by molar-refractivity contribution is -0.111. The van der Waals surface area contributed by atoms with E-state index < -0.39 is 12.5 Å². The first-order valence-corrected chi connectivity index (χ1v) is 7.89. The topological polar surface area (TPSA) is 67.8 Å². The Bertz CT molecular complexity index is 806. The Kier molecular flexibility index (Phi) is 6.54. The minimum Gasteiger partial charge on any atom is -0.506 e. The van der Waals surface area contributed by atoms with Gasteiger partial charge in [0.2, 0.25) is 5.91 Å². The van der Waals surface area contributed by atoms with Gasteiger partial charge in [0.1, 0.15) is 5.75 Å². The zero-order chi connectivity index (χ0) is 19.1. The Morgan fingerprint density at radius 1 is 1.23 bits per heavy atom. The lowest BCUT2D eigenvalue weighted by atomic mass is 10.2. The van der Waals surface area contributed by atoms with E-state index in [1.165, 1.54) is 36.4 Å². The summed E-state index contributed by atoms with van der Waals surface area (Å²) in [5.41, 5.74) is 1.73. The molecule has 0 aliphatic heterocycles. The van der Waals surface area contributed by atoms with Crippen molar-refractivity contribution in [2.75, 3.05) is 11.9 Å². The molecule has 0 aliphatic rings. The molecule has 2 aromatic carbocycles. The molecule has 2 rings (SSSR count). The van der Waals surface area contributed by atoms with Crippen molar-refractivity contribution >= 4 is 17.7 Å². The molecule has 2 N–H and O–H groups in total. The van der Waals surface area contributed by atoms with Gasteiger partial charge >= 0.3 is 6.61 Å². The van der Waals surface area contributed by atoms with Crippen LogP contribution in [0.3, 0.4) is 0 Å². The Hall–Kier alpha value is -3.09. The van der Waals surface area contributed by atoms with E-state index in [2.05, 4.69) is 10.1 Å². The second-order valence-electron chi connectivity index (χ2n) is 5.36. The van der Waals surface area contributed by atoms with Crippen LogP contribution in [0.4, 0.5) is 14.5 Å². The van der Waals surface area contributed by atoms with Gasteiger partial charge in [0.15, 0.2) is 11.5 Å². The maximum absolute atomic E-state index is 12.4. The summed E-state index contributed by atoms with van der Waals surface area (Å²) in [5.74, 6) is -0.395. The number of nitrogens with one attached hydrogen (secondary N) is 1. The molecular weight excluding hydrogens is 344 g/mol. The van der Waals surface area contributed by atoms with Crippen molar-refractivity contribution in [3.63, 3.8) is 0 Å². The van der Waals surface area contributed by atoms with E-state index in [-0.39, 0.29) is 23.9 Å². The van der Waals surface area contributed by atoms with Gasteiger partial charge in [-0.05, 0) is 55.3 Å². The number of alkyl halides is 2. The van der Waals surface area contributed by atoms with Gasteiger partial charge in [-0.15, -0.1) is 0 Å². The summed E-state index contributed by atoms with van der Waals surface area (Å²) in [4.78, 5) is 12.0. The van der Waals surface area contributed by atoms with Crippen molar-refractivity contribution < 1.29 is 28.2 Å². The summed E-state index contributed by atoms with van der Waals surface area (Å²) >= 11 is 0. The molecule has 0 spiro atoms. The van der Waals surface area contributed by atoms with Crippen LogP contribution in [0, 0.1) is 6.92 Å². The molecule has 0 saturated heterocycles. The molecule has 0 atom stereocenters. The van der Waals surface area contributed by atoms with E-state index in [0.717, 1.165) is 5.56 Å². The first-order valence-electron chi connectivity index (χ1n) is 7.89. The van der Waals surface area contributed by atoms with Crippen molar-refractivity contribution in [3.8, 4) is 17.2 Å². The minimum atomic E-state index is -2.96. The molecule has 0 aliphatic carbocycles. The third-order valence-electron chi connectivity index (χ3n) is 3.32. The molecule has 2 aromatic rings. The predicted molar refractivity (Wildman–Crippen MR) is 94.8 cm³/mol. The molecular formula is C19H19F2NO4. The summed E-state index contributed by atoms with van der Waals surface area (Å²) in [6, 6.07) is 9.26. The smallest absolute Gasteiger partial charge is 0.387 e. The number of rotatable bonds is 7. The van der Waals surface area contributed by atoms with E-state index in [1.807, 2.05) is 6.92 Å². The van der Waals surface area contributed by atoms with Gasteiger partial charge in [-0.3, -0.25) is 4.79 Å². The third kappa shape index (κ3) is 5.47. The highest BCUT2D eigenvalue weighted by molar-refractivity contribution is 6.02. The fourth-order valence-electron chi connectivity index (χ4n) is 2.18. The Balaban J connectivity index is 2.10. The molecule has 7 heteroatoms. The minimum absolute atomic E-state index is 0.0288. The average Bonchev–Trinajstić information content (AvgIpc) is 2.57. The summed E-state index contributed by atoms with van der Waals surface area (Å²) in [6.45, 7) is 0.863. The van der Waals surface area contributed by atoms with Gasteiger partial charge in [0.25, 0.3) is 0 Å². The van der Waals surface area contributed by atoms with Gasteiger partial charge in [0.05, 0.1) is 12.3 Å². The van der Waals surface area contributed by atoms with Crippen LogP contribution in [-0.4, -0.2) is 24.2 Å². The van der Waals surface area contributed by atoms with E-state index in [4.69, 9.17) is 4.74 Å². The summed E-state index contributed by atoms with van der Waals surface area (Å²) in [5, 5.41) is 12.3. The Morgan fingerprint density at radius 2 is 2.00 bits per heavy atom. The summed E-state index contributed by atoms with van der Waals surface area (Å²) in [6.07, 6.45) is 2.76. The van der Waals surface area contributed by atoms with Crippen LogP contribution in [0.15, 0.2) is 42.5 Å². The highest BCUT2D eigenvalue weighted by Crippen LogP contribution is 2.30.